The van der Waals surface area contributed by atoms with Gasteiger partial charge in [0.15, 0.2) is 0 Å². The smallest absolute Gasteiger partial charge is 0.329 e. The summed E-state index contributed by atoms with van der Waals surface area (Å²) in [6.07, 6.45) is 1.48. The fraction of sp³-hybridized carbons (Fsp3) is 0.136. The summed E-state index contributed by atoms with van der Waals surface area (Å²) in [7, 11) is 1.48. The third-order valence-corrected chi connectivity index (χ3v) is 5.05. The van der Waals surface area contributed by atoms with Crippen LogP contribution >= 0.6 is 23.2 Å². The van der Waals surface area contributed by atoms with Crippen molar-refractivity contribution in [2.45, 2.75) is 13.8 Å². The topological polar surface area (TPSA) is 84.7 Å². The van der Waals surface area contributed by atoms with Gasteiger partial charge in [0, 0.05) is 33.3 Å². The van der Waals surface area contributed by atoms with Gasteiger partial charge in [-0.3, -0.25) is 9.59 Å². The van der Waals surface area contributed by atoms with Crippen LogP contribution in [-0.4, -0.2) is 29.7 Å². The summed E-state index contributed by atoms with van der Waals surface area (Å²) in [5.74, 6) is -1.32. The lowest BCUT2D eigenvalue weighted by Crippen LogP contribution is -2.32. The minimum atomic E-state index is -0.910. The van der Waals surface area contributed by atoms with E-state index in [2.05, 4.69) is 15.8 Å². The van der Waals surface area contributed by atoms with E-state index in [1.165, 1.54) is 19.4 Å². The molecule has 1 aromatic heterocycles. The van der Waals surface area contributed by atoms with E-state index in [4.69, 9.17) is 27.9 Å². The van der Waals surface area contributed by atoms with E-state index in [1.807, 2.05) is 48.7 Å². The Balaban J connectivity index is 1.66. The van der Waals surface area contributed by atoms with Gasteiger partial charge >= 0.3 is 11.8 Å². The molecule has 3 aromatic rings. The van der Waals surface area contributed by atoms with Crippen molar-refractivity contribution >= 4 is 46.9 Å². The minimum absolute atomic E-state index is 0.314. The zero-order chi connectivity index (χ0) is 22.5. The van der Waals surface area contributed by atoms with E-state index < -0.39 is 11.8 Å². The minimum Gasteiger partial charge on any atom is -0.495 e. The van der Waals surface area contributed by atoms with E-state index in [0.717, 1.165) is 22.6 Å². The molecule has 7 nitrogen and oxygen atoms in total. The highest BCUT2D eigenvalue weighted by molar-refractivity contribution is 6.40. The second kappa shape index (κ2) is 9.68. The van der Waals surface area contributed by atoms with Gasteiger partial charge in [-0.1, -0.05) is 29.3 Å². The molecule has 0 saturated heterocycles. The van der Waals surface area contributed by atoms with Gasteiger partial charge in [0.25, 0.3) is 0 Å². The average molecular weight is 459 g/mol. The lowest BCUT2D eigenvalue weighted by Gasteiger charge is -2.09. The number of halogens is 2. The number of hydrazone groups is 1. The maximum absolute atomic E-state index is 12.1. The average Bonchev–Trinajstić information content (AvgIpc) is 3.01. The number of hydrogen-bond donors (Lipinski definition) is 2. The molecule has 31 heavy (non-hydrogen) atoms. The van der Waals surface area contributed by atoms with Crippen molar-refractivity contribution in [2.75, 3.05) is 12.4 Å². The zero-order valence-electron chi connectivity index (χ0n) is 17.1. The largest absolute Gasteiger partial charge is 0.495 e. The normalized spacial score (nSPS) is 10.9. The Morgan fingerprint density at radius 2 is 1.84 bits per heavy atom. The standard InChI is InChI=1S/C22H20Cl2N4O3/c1-13-9-15(14(2)28(13)18-6-4-5-16(23)10-18)12-25-27-22(30)21(29)26-17-7-8-20(31-3)19(24)11-17/h4-12H,1-3H3,(H,26,29)(H,27,30)/b25-12-. The van der Waals surface area contributed by atoms with Crippen molar-refractivity contribution in [3.8, 4) is 11.4 Å². The summed E-state index contributed by atoms with van der Waals surface area (Å²) in [6, 6.07) is 14.1. The number of hydrogen-bond acceptors (Lipinski definition) is 4. The molecule has 9 heteroatoms. The van der Waals surface area contributed by atoms with Crippen molar-refractivity contribution in [1.29, 1.82) is 0 Å². The predicted octanol–water partition coefficient (Wildman–Crippen LogP) is 4.50. The molecule has 0 unspecified atom stereocenters. The number of amides is 2. The lowest BCUT2D eigenvalue weighted by molar-refractivity contribution is -0.136. The van der Waals surface area contributed by atoms with Crippen molar-refractivity contribution < 1.29 is 14.3 Å². The molecule has 2 N–H and O–H groups in total. The summed E-state index contributed by atoms with van der Waals surface area (Å²) in [4.78, 5) is 24.1. The number of nitrogens with one attached hydrogen (secondary N) is 2. The summed E-state index contributed by atoms with van der Waals surface area (Å²) in [5.41, 5.74) is 6.18. The third-order valence-electron chi connectivity index (χ3n) is 4.52. The van der Waals surface area contributed by atoms with Crippen molar-refractivity contribution in [2.24, 2.45) is 5.10 Å². The van der Waals surface area contributed by atoms with E-state index in [0.29, 0.717) is 21.5 Å². The molecule has 2 aromatic carbocycles. The molecule has 0 atom stereocenters. The molecule has 0 spiro atoms. The van der Waals surface area contributed by atoms with E-state index in [-0.39, 0.29) is 0 Å². The zero-order valence-corrected chi connectivity index (χ0v) is 18.6. The molecule has 0 bridgehead atoms. The third kappa shape index (κ3) is 5.25. The maximum Gasteiger partial charge on any atom is 0.329 e. The second-order valence-corrected chi connectivity index (χ2v) is 7.49. The molecule has 0 aliphatic heterocycles. The fourth-order valence-corrected chi connectivity index (χ4v) is 3.52. The number of nitrogens with zero attached hydrogens (tertiary/aromatic N) is 2. The van der Waals surface area contributed by atoms with Gasteiger partial charge in [0.05, 0.1) is 18.3 Å². The number of carbonyl (C=O) groups excluding carboxylic acids is 2. The fourth-order valence-electron chi connectivity index (χ4n) is 3.07. The van der Waals surface area contributed by atoms with Crippen molar-refractivity contribution in [1.82, 2.24) is 9.99 Å². The first-order chi connectivity index (χ1) is 14.8. The number of aryl methyl sites for hydroxylation is 1. The van der Waals surface area contributed by atoms with Gasteiger partial charge < -0.3 is 14.6 Å². The number of benzene rings is 2. The monoisotopic (exact) mass is 458 g/mol. The van der Waals surface area contributed by atoms with Crippen LogP contribution in [0.5, 0.6) is 5.75 Å². The van der Waals surface area contributed by atoms with Gasteiger partial charge in [0.1, 0.15) is 5.75 Å². The van der Waals surface area contributed by atoms with E-state index in [9.17, 15) is 9.59 Å². The van der Waals surface area contributed by atoms with Gasteiger partial charge in [-0.05, 0) is 56.3 Å². The molecular formula is C22H20Cl2N4O3. The van der Waals surface area contributed by atoms with Crippen LogP contribution in [0.3, 0.4) is 0 Å². The van der Waals surface area contributed by atoms with Crippen LogP contribution in [-0.2, 0) is 9.59 Å². The van der Waals surface area contributed by atoms with E-state index >= 15 is 0 Å². The Morgan fingerprint density at radius 3 is 2.52 bits per heavy atom. The van der Waals surface area contributed by atoms with Gasteiger partial charge in [0.2, 0.25) is 0 Å². The maximum atomic E-state index is 12.1. The Bertz CT molecular complexity index is 1170. The Kier molecular flexibility index (Phi) is 6.99. The molecule has 0 aliphatic carbocycles. The molecular weight excluding hydrogens is 439 g/mol. The van der Waals surface area contributed by atoms with E-state index in [1.54, 1.807) is 12.1 Å². The number of carbonyl (C=O) groups is 2. The van der Waals surface area contributed by atoms with Crippen LogP contribution in [0.25, 0.3) is 5.69 Å². The first-order valence-corrected chi connectivity index (χ1v) is 9.98. The molecule has 0 fully saturated rings. The van der Waals surface area contributed by atoms with Crippen LogP contribution < -0.4 is 15.5 Å². The highest BCUT2D eigenvalue weighted by Crippen LogP contribution is 2.27. The van der Waals surface area contributed by atoms with Gasteiger partial charge in [-0.2, -0.15) is 5.10 Å². The van der Waals surface area contributed by atoms with Gasteiger partial charge in [-0.15, -0.1) is 0 Å². The van der Waals surface area contributed by atoms with Crippen LogP contribution in [0.2, 0.25) is 10.0 Å². The molecule has 1 heterocycles. The molecule has 0 radical (unpaired) electrons. The number of ether oxygens (including phenoxy) is 1. The first kappa shape index (κ1) is 22.4. The highest BCUT2D eigenvalue weighted by atomic mass is 35.5. The van der Waals surface area contributed by atoms with Crippen LogP contribution in [0.4, 0.5) is 5.69 Å². The summed E-state index contributed by atoms with van der Waals surface area (Å²) in [6.45, 7) is 3.88. The molecule has 0 saturated carbocycles. The molecule has 0 aliphatic rings. The lowest BCUT2D eigenvalue weighted by atomic mass is 10.2. The quantitative estimate of drug-likeness (QED) is 0.335. The SMILES string of the molecule is COc1ccc(NC(=O)C(=O)N/N=C\c2cc(C)n(-c3cccc(Cl)c3)c2C)cc1Cl. The highest BCUT2D eigenvalue weighted by Gasteiger charge is 2.14. The number of anilines is 1. The predicted molar refractivity (Wildman–Crippen MR) is 123 cm³/mol. The van der Waals surface area contributed by atoms with Crippen LogP contribution in [0, 0.1) is 13.8 Å². The Labute approximate surface area is 189 Å². The van der Waals surface area contributed by atoms with Crippen LogP contribution in [0.1, 0.15) is 17.0 Å². The Hall–Kier alpha value is -3.29. The molecule has 3 rings (SSSR count). The summed E-state index contributed by atoms with van der Waals surface area (Å²) >= 11 is 12.1. The van der Waals surface area contributed by atoms with Gasteiger partial charge in [-0.25, -0.2) is 5.43 Å². The number of rotatable bonds is 5. The number of aromatic nitrogens is 1. The number of methoxy groups -OCH3 is 1. The molecule has 160 valence electrons. The van der Waals surface area contributed by atoms with Crippen LogP contribution in [0.15, 0.2) is 53.6 Å². The summed E-state index contributed by atoms with van der Waals surface area (Å²) in [5, 5.41) is 7.31. The second-order valence-electron chi connectivity index (χ2n) is 6.64. The Morgan fingerprint density at radius 1 is 1.06 bits per heavy atom. The van der Waals surface area contributed by atoms with Crippen molar-refractivity contribution in [3.05, 3.63) is 75.5 Å². The first-order valence-electron chi connectivity index (χ1n) is 9.23. The van der Waals surface area contributed by atoms with Crippen molar-refractivity contribution in [3.63, 3.8) is 0 Å². The molecule has 2 amide bonds. The summed E-state index contributed by atoms with van der Waals surface area (Å²) < 4.78 is 7.07.